The van der Waals surface area contributed by atoms with Crippen molar-refractivity contribution in [3.8, 4) is 11.8 Å². The molecule has 3 aromatic carbocycles. The Labute approximate surface area is 459 Å². The molecule has 5 atom stereocenters. The predicted molar refractivity (Wildman–Crippen MR) is 285 cm³/mol. The Balaban J connectivity index is 0.820. The van der Waals surface area contributed by atoms with E-state index in [1.807, 2.05) is 30.3 Å². The van der Waals surface area contributed by atoms with Gasteiger partial charge in [-0.05, 0) is 66.0 Å². The predicted octanol–water partition coefficient (Wildman–Crippen LogP) is 6.16. The lowest BCUT2D eigenvalue weighted by Crippen LogP contribution is -2.58. The number of fused-ring (bicyclic) bond motifs is 2. The van der Waals surface area contributed by atoms with E-state index in [0.29, 0.717) is 29.6 Å². The number of benzene rings is 3. The van der Waals surface area contributed by atoms with Crippen LogP contribution in [0.1, 0.15) is 138 Å². The number of likely N-dealkylation sites (tertiary alicyclic amines) is 1. The van der Waals surface area contributed by atoms with Crippen molar-refractivity contribution >= 4 is 76.3 Å². The van der Waals surface area contributed by atoms with Crippen LogP contribution in [0, 0.1) is 17.3 Å². The maximum atomic E-state index is 14.8. The van der Waals surface area contributed by atoms with Crippen molar-refractivity contribution in [3.05, 3.63) is 105 Å². The lowest BCUT2D eigenvalue weighted by atomic mass is 9.85. The van der Waals surface area contributed by atoms with Gasteiger partial charge in [0.1, 0.15) is 30.8 Å². The van der Waals surface area contributed by atoms with Crippen molar-refractivity contribution < 1.29 is 71.0 Å². The number of nitrogens with one attached hydrogen (secondary N) is 3. The molecule has 4 aliphatic rings. The van der Waals surface area contributed by atoms with Crippen LogP contribution in [-0.4, -0.2) is 135 Å². The fourth-order valence-corrected chi connectivity index (χ4v) is 11.6. The zero-order valence-electron chi connectivity index (χ0n) is 44.0. The van der Waals surface area contributed by atoms with E-state index in [9.17, 15) is 61.5 Å². The van der Waals surface area contributed by atoms with Crippen LogP contribution in [-0.2, 0) is 43.7 Å². The first kappa shape index (κ1) is 58.4. The van der Waals surface area contributed by atoms with Crippen LogP contribution < -0.4 is 16.0 Å². The summed E-state index contributed by atoms with van der Waals surface area (Å²) in [7, 11) is -5.86. The number of morpholine rings is 1. The molecule has 420 valence electrons. The third-order valence-corrected chi connectivity index (χ3v) is 16.5. The van der Waals surface area contributed by atoms with Gasteiger partial charge in [0, 0.05) is 54.7 Å². The summed E-state index contributed by atoms with van der Waals surface area (Å²) >= 11 is 0.941. The fourth-order valence-electron chi connectivity index (χ4n) is 10.1. The topological polar surface area (TPSA) is 258 Å². The molecule has 5 heterocycles. The summed E-state index contributed by atoms with van der Waals surface area (Å²) in [4.78, 5) is 129. The molecule has 4 aromatic rings. The standard InChI is InChI=1S/C56H63F2N6O13PS/c1-55(2,3)48(61-50(68)44-29-36-28-37(21-23-43(36)79-44)56(57,58)78(73,74)75)54(72)63-31-38(30-41(63)52(70)62-26-27-76-42(32-62)34-16-12-10-13-17-34)77-33-46(66)59-25-14-9-7-5-4-6-8-11-18-35-19-15-20-39-47(35)53(71)64(51(39)69)40-22-24-45(65)60-49(40)67/h10,12-13,15-17,19-21,23,28-29,38,40-42,48H,4-9,14,22,24-27,30-33H2,1-3H3,(H,59,66)(H,61,68)(H,60,65,67)(H2,73,74,75)/t38-,40?,41-,42-,48+/m0/s1. The van der Waals surface area contributed by atoms with Crippen LogP contribution in [0.15, 0.2) is 72.8 Å². The number of carbonyl (C=O) groups is 8. The molecule has 0 aliphatic carbocycles. The van der Waals surface area contributed by atoms with E-state index in [4.69, 9.17) is 9.47 Å². The van der Waals surface area contributed by atoms with Crippen LogP contribution in [0.25, 0.3) is 10.1 Å². The molecule has 19 nitrogen and oxygen atoms in total. The summed E-state index contributed by atoms with van der Waals surface area (Å²) in [5.41, 5.74) is -4.68. The van der Waals surface area contributed by atoms with Crippen molar-refractivity contribution in [2.24, 2.45) is 5.41 Å². The summed E-state index contributed by atoms with van der Waals surface area (Å²) in [5, 5.41) is 8.02. The van der Waals surface area contributed by atoms with Crippen LogP contribution in [0.5, 0.6) is 0 Å². The number of imide groups is 2. The van der Waals surface area contributed by atoms with Gasteiger partial charge in [0.25, 0.3) is 17.7 Å². The minimum Gasteiger partial charge on any atom is -0.370 e. The first-order valence-electron chi connectivity index (χ1n) is 26.3. The molecule has 8 amide bonds. The largest absolute Gasteiger partial charge is 0.399 e. The summed E-state index contributed by atoms with van der Waals surface area (Å²) < 4.78 is 53.2. The second-order valence-electron chi connectivity index (χ2n) is 21.1. The fraction of sp³-hybridized carbons (Fsp3) is 0.464. The minimum atomic E-state index is -5.86. The molecule has 0 spiro atoms. The van der Waals surface area contributed by atoms with Crippen LogP contribution in [0.3, 0.4) is 0 Å². The zero-order chi connectivity index (χ0) is 56.8. The third kappa shape index (κ3) is 13.5. The number of alkyl halides is 2. The number of amides is 8. The Morgan fingerprint density at radius 1 is 0.924 bits per heavy atom. The highest BCUT2D eigenvalue weighted by Crippen LogP contribution is 2.59. The van der Waals surface area contributed by atoms with Crippen LogP contribution in [0.2, 0.25) is 0 Å². The molecule has 4 aliphatic heterocycles. The molecule has 3 fully saturated rings. The lowest BCUT2D eigenvalue weighted by Gasteiger charge is -2.38. The van der Waals surface area contributed by atoms with Gasteiger partial charge < -0.3 is 39.7 Å². The van der Waals surface area contributed by atoms with Crippen molar-refractivity contribution in [1.82, 2.24) is 30.7 Å². The van der Waals surface area contributed by atoms with Gasteiger partial charge in [0.15, 0.2) is 0 Å². The molecule has 0 bridgehead atoms. The van der Waals surface area contributed by atoms with E-state index in [1.54, 1.807) is 37.8 Å². The highest BCUT2D eigenvalue weighted by molar-refractivity contribution is 7.52. The number of rotatable bonds is 19. The van der Waals surface area contributed by atoms with Gasteiger partial charge in [-0.1, -0.05) is 101 Å². The highest BCUT2D eigenvalue weighted by atomic mass is 32.1. The van der Waals surface area contributed by atoms with Crippen LogP contribution in [0.4, 0.5) is 8.78 Å². The number of nitrogens with zero attached hydrogens (tertiary/aromatic N) is 3. The number of unbranched alkanes of at least 4 members (excludes halogenated alkanes) is 6. The number of ether oxygens (including phenoxy) is 2. The minimum absolute atomic E-state index is 0.0295. The molecule has 3 saturated heterocycles. The van der Waals surface area contributed by atoms with E-state index >= 15 is 0 Å². The molecular formula is C56H63F2N6O13PS. The van der Waals surface area contributed by atoms with Crippen molar-refractivity contribution in [3.63, 3.8) is 0 Å². The van der Waals surface area contributed by atoms with Crippen molar-refractivity contribution in [2.45, 2.75) is 121 Å². The summed E-state index contributed by atoms with van der Waals surface area (Å²) in [6.45, 7) is 5.96. The smallest absolute Gasteiger partial charge is 0.370 e. The molecule has 23 heteroatoms. The maximum absolute atomic E-state index is 14.8. The highest BCUT2D eigenvalue weighted by Gasteiger charge is 2.51. The quantitative estimate of drug-likeness (QED) is 0.0306. The van der Waals surface area contributed by atoms with Gasteiger partial charge in [-0.2, -0.15) is 8.78 Å². The maximum Gasteiger partial charge on any atom is 0.399 e. The van der Waals surface area contributed by atoms with E-state index in [2.05, 4.69) is 27.8 Å². The van der Waals surface area contributed by atoms with Crippen molar-refractivity contribution in [1.29, 1.82) is 0 Å². The molecule has 8 rings (SSSR count). The normalized spacial score (nSPS) is 20.2. The Hall–Kier alpha value is -6.73. The molecule has 1 unspecified atom stereocenters. The Morgan fingerprint density at radius 2 is 1.66 bits per heavy atom. The van der Waals surface area contributed by atoms with Gasteiger partial charge in [0.05, 0.1) is 35.3 Å². The second kappa shape index (κ2) is 24.7. The van der Waals surface area contributed by atoms with Gasteiger partial charge >= 0.3 is 13.3 Å². The Morgan fingerprint density at radius 3 is 2.38 bits per heavy atom. The second-order valence-corrected chi connectivity index (χ2v) is 23.9. The number of hydrogen-bond acceptors (Lipinski definition) is 12. The van der Waals surface area contributed by atoms with Gasteiger partial charge in [-0.15, -0.1) is 11.3 Å². The molecule has 79 heavy (non-hydrogen) atoms. The number of thiophene rings is 1. The average Bonchev–Trinajstić information content (AvgIpc) is 4.34. The molecule has 5 N–H and O–H groups in total. The van der Waals surface area contributed by atoms with Gasteiger partial charge in [-0.25, -0.2) is 0 Å². The third-order valence-electron chi connectivity index (χ3n) is 14.4. The van der Waals surface area contributed by atoms with E-state index in [0.717, 1.165) is 66.0 Å². The molecule has 1 aromatic heterocycles. The number of halogens is 2. The summed E-state index contributed by atoms with van der Waals surface area (Å²) in [6, 6.07) is 15.3. The monoisotopic (exact) mass is 1130 g/mol. The first-order chi connectivity index (χ1) is 37.5. The van der Waals surface area contributed by atoms with E-state index in [-0.39, 0.29) is 85.3 Å². The molecule has 0 radical (unpaired) electrons. The SMILES string of the molecule is CC(C)(C)[C@H](NC(=O)c1cc2cc(C(F)(F)P(=O)(O)O)ccc2s1)C(=O)N1C[C@@H](OCC(=O)NCCCCCCCCC#Cc2cccc3c2C(=O)N(C2CCC(=O)NC2=O)C3=O)C[C@H]1C(=O)N1CCO[C@H](c2ccccc2)C1. The van der Waals surface area contributed by atoms with Gasteiger partial charge in [0.2, 0.25) is 29.5 Å². The molecule has 0 saturated carbocycles. The zero-order valence-corrected chi connectivity index (χ0v) is 45.7. The Kier molecular flexibility index (Phi) is 18.3. The lowest BCUT2D eigenvalue weighted by molar-refractivity contribution is -0.150. The van der Waals surface area contributed by atoms with Gasteiger partial charge in [-0.3, -0.25) is 53.1 Å². The summed E-state index contributed by atoms with van der Waals surface area (Å²) in [5.74, 6) is 1.82. The number of piperidine rings is 1. The first-order valence-corrected chi connectivity index (χ1v) is 28.7. The van der Waals surface area contributed by atoms with E-state index in [1.165, 1.54) is 23.1 Å². The number of hydrogen-bond donors (Lipinski definition) is 5. The number of carbonyl (C=O) groups excluding carboxylic acids is 8. The van der Waals surface area contributed by atoms with Crippen molar-refractivity contribution in [2.75, 3.05) is 39.4 Å². The molecular weight excluding hydrogens is 1070 g/mol. The van der Waals surface area contributed by atoms with E-state index < -0.39 is 90.0 Å². The van der Waals surface area contributed by atoms with Crippen LogP contribution >= 0.6 is 18.9 Å². The average molecular weight is 1130 g/mol. The summed E-state index contributed by atoms with van der Waals surface area (Å²) in [6.07, 6.45) is 4.72. The Bertz CT molecular complexity index is 3130.